The lowest BCUT2D eigenvalue weighted by molar-refractivity contribution is 0.0605. The van der Waals surface area contributed by atoms with Gasteiger partial charge in [-0.15, -0.1) is 0 Å². The smallest absolute Gasteiger partial charge is 0.0698 e. The molecule has 2 N–H and O–H groups in total. The van der Waals surface area contributed by atoms with Gasteiger partial charge in [-0.1, -0.05) is 27.2 Å². The highest BCUT2D eigenvalue weighted by atomic mass is 16.5. The second kappa shape index (κ2) is 12.9. The molecule has 2 unspecified atom stereocenters. The molecule has 0 bridgehead atoms. The van der Waals surface area contributed by atoms with E-state index in [0.717, 1.165) is 32.0 Å². The van der Waals surface area contributed by atoms with Gasteiger partial charge in [0.2, 0.25) is 0 Å². The number of nitrogens with zero attached hydrogens (tertiary/aromatic N) is 1. The molecule has 0 radical (unpaired) electrons. The summed E-state index contributed by atoms with van der Waals surface area (Å²) in [5, 5.41) is 12.0. The number of likely N-dealkylation sites (N-methyl/N-ethyl adjacent to an activating group) is 1. The van der Waals surface area contributed by atoms with Gasteiger partial charge in [0.1, 0.15) is 0 Å². The molecule has 0 aliphatic carbocycles. The zero-order chi connectivity index (χ0) is 14.5. The van der Waals surface area contributed by atoms with E-state index in [1.54, 1.807) is 0 Å². The Labute approximate surface area is 119 Å². The minimum absolute atomic E-state index is 0.112. The van der Waals surface area contributed by atoms with E-state index in [4.69, 9.17) is 9.84 Å². The van der Waals surface area contributed by atoms with Crippen LogP contribution in [-0.4, -0.2) is 62.6 Å². The molecule has 0 aliphatic heterocycles. The van der Waals surface area contributed by atoms with Crippen LogP contribution in [0.25, 0.3) is 0 Å². The zero-order valence-corrected chi connectivity index (χ0v) is 13.3. The summed E-state index contributed by atoms with van der Waals surface area (Å²) in [6, 6.07) is 0.576. The molecule has 0 saturated heterocycles. The topological polar surface area (TPSA) is 44.7 Å². The fraction of sp³-hybridized carbons (Fsp3) is 1.00. The highest BCUT2D eigenvalue weighted by molar-refractivity contribution is 4.73. The van der Waals surface area contributed by atoms with Crippen LogP contribution in [0.5, 0.6) is 0 Å². The zero-order valence-electron chi connectivity index (χ0n) is 13.3. The van der Waals surface area contributed by atoms with E-state index in [1.165, 1.54) is 12.8 Å². The van der Waals surface area contributed by atoms with Crippen LogP contribution in [0.4, 0.5) is 0 Å². The number of nitrogens with one attached hydrogen (secondary N) is 1. The van der Waals surface area contributed by atoms with Crippen molar-refractivity contribution in [3.8, 4) is 0 Å². The van der Waals surface area contributed by atoms with Crippen LogP contribution >= 0.6 is 0 Å². The van der Waals surface area contributed by atoms with E-state index in [2.05, 4.69) is 31.0 Å². The Kier molecular flexibility index (Phi) is 12.7. The van der Waals surface area contributed by atoms with Gasteiger partial charge in [-0.25, -0.2) is 0 Å². The van der Waals surface area contributed by atoms with Gasteiger partial charge in [0.25, 0.3) is 0 Å². The second-order valence-electron chi connectivity index (χ2n) is 5.29. The summed E-state index contributed by atoms with van der Waals surface area (Å²) in [6.07, 6.45) is 3.65. The lowest BCUT2D eigenvalue weighted by atomic mass is 10.0. The molecule has 0 aliphatic rings. The van der Waals surface area contributed by atoms with Crippen molar-refractivity contribution in [2.24, 2.45) is 5.92 Å². The highest BCUT2D eigenvalue weighted by Crippen LogP contribution is 2.11. The van der Waals surface area contributed by atoms with Gasteiger partial charge in [-0.05, 0) is 32.4 Å². The molecule has 0 saturated carbocycles. The minimum Gasteiger partial charge on any atom is -0.394 e. The van der Waals surface area contributed by atoms with Gasteiger partial charge >= 0.3 is 0 Å². The molecule has 4 heteroatoms. The van der Waals surface area contributed by atoms with Crippen molar-refractivity contribution in [2.45, 2.75) is 46.1 Å². The molecular formula is C15H34N2O2. The molecule has 116 valence electrons. The van der Waals surface area contributed by atoms with E-state index in [9.17, 15) is 0 Å². The maximum absolute atomic E-state index is 8.73. The molecule has 0 spiro atoms. The number of aliphatic hydroxyl groups excluding tert-OH is 1. The fourth-order valence-corrected chi connectivity index (χ4v) is 2.18. The third-order valence-electron chi connectivity index (χ3n) is 3.79. The highest BCUT2D eigenvalue weighted by Gasteiger charge is 2.16. The van der Waals surface area contributed by atoms with Crippen LogP contribution in [0, 0.1) is 5.92 Å². The van der Waals surface area contributed by atoms with Crippen LogP contribution < -0.4 is 5.32 Å². The molecule has 4 nitrogen and oxygen atoms in total. The fourth-order valence-electron chi connectivity index (χ4n) is 2.18. The number of ether oxygens (including phenoxy) is 1. The summed E-state index contributed by atoms with van der Waals surface area (Å²) >= 11 is 0. The first-order valence-corrected chi connectivity index (χ1v) is 7.76. The van der Waals surface area contributed by atoms with E-state index < -0.39 is 0 Å². The number of aliphatic hydroxyl groups is 1. The summed E-state index contributed by atoms with van der Waals surface area (Å²) in [5.74, 6) is 0.785. The Morgan fingerprint density at radius 2 is 1.89 bits per heavy atom. The Morgan fingerprint density at radius 1 is 1.16 bits per heavy atom. The summed E-state index contributed by atoms with van der Waals surface area (Å²) in [5.41, 5.74) is 0. The first kappa shape index (κ1) is 18.8. The third kappa shape index (κ3) is 9.38. The van der Waals surface area contributed by atoms with Gasteiger partial charge in [0.15, 0.2) is 0 Å². The van der Waals surface area contributed by atoms with Crippen molar-refractivity contribution >= 4 is 0 Å². The number of hydrogen-bond acceptors (Lipinski definition) is 4. The van der Waals surface area contributed by atoms with Crippen LogP contribution in [-0.2, 0) is 4.74 Å². The Balaban J connectivity index is 4.18. The van der Waals surface area contributed by atoms with Crippen LogP contribution in [0.15, 0.2) is 0 Å². The SMILES string of the molecule is CCC(C)CCN(CCOCCO)C(CC)CNC. The third-order valence-corrected chi connectivity index (χ3v) is 3.79. The van der Waals surface area contributed by atoms with E-state index in [-0.39, 0.29) is 6.61 Å². The quantitative estimate of drug-likeness (QED) is 0.502. The minimum atomic E-state index is 0.112. The largest absolute Gasteiger partial charge is 0.394 e. The molecule has 0 aromatic carbocycles. The molecular weight excluding hydrogens is 240 g/mol. The Morgan fingerprint density at radius 3 is 2.42 bits per heavy atom. The molecule has 0 aromatic heterocycles. The first-order chi connectivity index (χ1) is 9.19. The molecule has 2 atom stereocenters. The summed E-state index contributed by atoms with van der Waals surface area (Å²) < 4.78 is 5.41. The first-order valence-electron chi connectivity index (χ1n) is 7.76. The molecule has 0 heterocycles. The average molecular weight is 274 g/mol. The predicted molar refractivity (Wildman–Crippen MR) is 81.6 cm³/mol. The van der Waals surface area contributed by atoms with Gasteiger partial charge in [0.05, 0.1) is 19.8 Å². The molecule has 0 aromatic rings. The second-order valence-corrected chi connectivity index (χ2v) is 5.29. The van der Waals surface area contributed by atoms with Crippen molar-refractivity contribution in [1.29, 1.82) is 0 Å². The van der Waals surface area contributed by atoms with Crippen LogP contribution in [0.3, 0.4) is 0 Å². The van der Waals surface area contributed by atoms with Crippen molar-refractivity contribution in [2.75, 3.05) is 46.5 Å². The monoisotopic (exact) mass is 274 g/mol. The molecule has 0 rings (SSSR count). The summed E-state index contributed by atoms with van der Waals surface area (Å²) in [7, 11) is 2.01. The summed E-state index contributed by atoms with van der Waals surface area (Å²) in [4.78, 5) is 2.53. The van der Waals surface area contributed by atoms with Gasteiger partial charge in [0, 0.05) is 19.1 Å². The Hall–Kier alpha value is -0.160. The standard InChI is InChI=1S/C15H34N2O2/c1-5-14(3)7-8-17(9-11-19-12-10-18)15(6-2)13-16-4/h14-16,18H,5-13H2,1-4H3. The summed E-state index contributed by atoms with van der Waals surface area (Å²) in [6.45, 7) is 11.2. The lowest BCUT2D eigenvalue weighted by Gasteiger charge is -2.31. The van der Waals surface area contributed by atoms with Crippen LogP contribution in [0.2, 0.25) is 0 Å². The van der Waals surface area contributed by atoms with E-state index in [0.29, 0.717) is 19.3 Å². The molecule has 19 heavy (non-hydrogen) atoms. The molecule has 0 amide bonds. The van der Waals surface area contributed by atoms with Crippen molar-refractivity contribution < 1.29 is 9.84 Å². The van der Waals surface area contributed by atoms with Gasteiger partial charge in [-0.3, -0.25) is 4.90 Å². The maximum atomic E-state index is 8.73. The van der Waals surface area contributed by atoms with Crippen molar-refractivity contribution in [1.82, 2.24) is 10.2 Å². The van der Waals surface area contributed by atoms with Crippen LogP contribution in [0.1, 0.15) is 40.0 Å². The maximum Gasteiger partial charge on any atom is 0.0698 e. The Bertz CT molecular complexity index is 191. The lowest BCUT2D eigenvalue weighted by Crippen LogP contribution is -2.43. The number of rotatable bonds is 13. The van der Waals surface area contributed by atoms with Crippen molar-refractivity contribution in [3.63, 3.8) is 0 Å². The van der Waals surface area contributed by atoms with E-state index >= 15 is 0 Å². The van der Waals surface area contributed by atoms with Gasteiger partial charge in [-0.2, -0.15) is 0 Å². The van der Waals surface area contributed by atoms with Gasteiger partial charge < -0.3 is 15.2 Å². The van der Waals surface area contributed by atoms with E-state index in [1.807, 2.05) is 7.05 Å². The normalized spacial score (nSPS) is 14.8. The molecule has 0 fully saturated rings. The van der Waals surface area contributed by atoms with Crippen molar-refractivity contribution in [3.05, 3.63) is 0 Å². The average Bonchev–Trinajstić information content (AvgIpc) is 2.44. The number of hydrogen-bond donors (Lipinski definition) is 2. The predicted octanol–water partition coefficient (Wildman–Crippen LogP) is 1.73.